The smallest absolute Gasteiger partial charge is 0.174 e. The van der Waals surface area contributed by atoms with Gasteiger partial charge in [0.05, 0.1) is 19.0 Å². The Morgan fingerprint density at radius 2 is 2.05 bits per heavy atom. The van der Waals surface area contributed by atoms with Crippen LogP contribution in [0.25, 0.3) is 0 Å². The van der Waals surface area contributed by atoms with Gasteiger partial charge in [-0.25, -0.2) is 0 Å². The number of para-hydroxylation sites is 2. The van der Waals surface area contributed by atoms with Crippen LogP contribution in [0.3, 0.4) is 0 Å². The normalized spacial score (nSPS) is 10.8. The van der Waals surface area contributed by atoms with Gasteiger partial charge in [-0.1, -0.05) is 12.1 Å². The molecule has 0 saturated carbocycles. The highest BCUT2D eigenvalue weighted by Gasteiger charge is 2.08. The monoisotopic (exact) mass is 271 g/mol. The second kappa shape index (κ2) is 6.01. The predicted molar refractivity (Wildman–Crippen MR) is 81.0 cm³/mol. The number of nitrogens with zero attached hydrogens (tertiary/aromatic N) is 4. The summed E-state index contributed by atoms with van der Waals surface area (Å²) in [6.45, 7) is 0. The Labute approximate surface area is 117 Å². The zero-order valence-corrected chi connectivity index (χ0v) is 11.7. The Bertz CT molecular complexity index is 625. The minimum atomic E-state index is 0.545. The standard InChI is InChI=1S/C14H17N5O/c1-19(2)14-13(15)10(9-17-18-14)8-16-11-6-4-5-7-12(11)20-3/h4-9H,1-3H3,(H2,15,17). The Kier molecular flexibility index (Phi) is 4.14. The summed E-state index contributed by atoms with van der Waals surface area (Å²) >= 11 is 0. The van der Waals surface area contributed by atoms with E-state index >= 15 is 0 Å². The van der Waals surface area contributed by atoms with E-state index in [9.17, 15) is 0 Å². The van der Waals surface area contributed by atoms with E-state index in [-0.39, 0.29) is 0 Å². The van der Waals surface area contributed by atoms with Gasteiger partial charge in [0.25, 0.3) is 0 Å². The molecule has 0 aliphatic rings. The predicted octanol–water partition coefficient (Wildman–Crippen LogP) is 1.88. The van der Waals surface area contributed by atoms with Crippen LogP contribution in [-0.4, -0.2) is 37.6 Å². The average molecular weight is 271 g/mol. The van der Waals surface area contributed by atoms with Crippen molar-refractivity contribution in [1.29, 1.82) is 0 Å². The Morgan fingerprint density at radius 1 is 1.30 bits per heavy atom. The minimum absolute atomic E-state index is 0.545. The zero-order chi connectivity index (χ0) is 14.5. The molecule has 0 radical (unpaired) electrons. The number of rotatable bonds is 4. The number of aromatic nitrogens is 2. The molecule has 2 aromatic rings. The Morgan fingerprint density at radius 3 is 2.75 bits per heavy atom. The number of nitrogens with two attached hydrogens (primary N) is 1. The zero-order valence-electron chi connectivity index (χ0n) is 11.7. The second-order valence-corrected chi connectivity index (χ2v) is 4.36. The maximum absolute atomic E-state index is 6.05. The minimum Gasteiger partial charge on any atom is -0.494 e. The van der Waals surface area contributed by atoms with Gasteiger partial charge in [-0.05, 0) is 12.1 Å². The van der Waals surface area contributed by atoms with E-state index in [1.165, 1.54) is 0 Å². The van der Waals surface area contributed by atoms with Crippen molar-refractivity contribution in [2.75, 3.05) is 31.8 Å². The first-order chi connectivity index (χ1) is 9.63. The van der Waals surface area contributed by atoms with Gasteiger partial charge < -0.3 is 15.4 Å². The van der Waals surface area contributed by atoms with Crippen molar-refractivity contribution in [1.82, 2.24) is 10.2 Å². The summed E-state index contributed by atoms with van der Waals surface area (Å²) in [7, 11) is 5.34. The molecule has 0 spiro atoms. The van der Waals surface area contributed by atoms with Crippen molar-refractivity contribution in [2.45, 2.75) is 0 Å². The Balaban J connectivity index is 2.35. The Hall–Kier alpha value is -2.63. The van der Waals surface area contributed by atoms with Crippen molar-refractivity contribution in [3.8, 4) is 5.75 Å². The molecular weight excluding hydrogens is 254 g/mol. The van der Waals surface area contributed by atoms with Crippen molar-refractivity contribution >= 4 is 23.4 Å². The van der Waals surface area contributed by atoms with E-state index in [1.54, 1.807) is 19.5 Å². The number of ether oxygens (including phenoxy) is 1. The SMILES string of the molecule is COc1ccccc1N=Cc1cnnc(N(C)C)c1N. The summed E-state index contributed by atoms with van der Waals surface area (Å²) < 4.78 is 5.24. The van der Waals surface area contributed by atoms with Crippen LogP contribution in [0.5, 0.6) is 5.75 Å². The van der Waals surface area contributed by atoms with Gasteiger partial charge in [-0.2, -0.15) is 5.10 Å². The van der Waals surface area contributed by atoms with Crippen LogP contribution >= 0.6 is 0 Å². The van der Waals surface area contributed by atoms with Gasteiger partial charge >= 0.3 is 0 Å². The first kappa shape index (κ1) is 13.8. The molecule has 0 amide bonds. The fourth-order valence-electron chi connectivity index (χ4n) is 1.71. The first-order valence-electron chi connectivity index (χ1n) is 6.09. The van der Waals surface area contributed by atoms with E-state index in [0.717, 1.165) is 11.3 Å². The summed E-state index contributed by atoms with van der Waals surface area (Å²) in [4.78, 5) is 6.20. The third-order valence-corrected chi connectivity index (χ3v) is 2.75. The number of hydrogen-bond donors (Lipinski definition) is 1. The van der Waals surface area contributed by atoms with Crippen molar-refractivity contribution in [3.63, 3.8) is 0 Å². The molecule has 6 heteroatoms. The molecule has 2 N–H and O–H groups in total. The highest BCUT2D eigenvalue weighted by molar-refractivity contribution is 5.91. The first-order valence-corrected chi connectivity index (χ1v) is 6.09. The van der Waals surface area contributed by atoms with E-state index in [2.05, 4.69) is 15.2 Å². The lowest BCUT2D eigenvalue weighted by Gasteiger charge is -2.13. The topological polar surface area (TPSA) is 76.6 Å². The fraction of sp³-hybridized carbons (Fsp3) is 0.214. The quantitative estimate of drug-likeness (QED) is 0.859. The van der Waals surface area contributed by atoms with Crippen LogP contribution in [0.4, 0.5) is 17.2 Å². The number of anilines is 2. The molecule has 1 heterocycles. The van der Waals surface area contributed by atoms with Gasteiger partial charge in [-0.15, -0.1) is 5.10 Å². The number of hydrogen-bond acceptors (Lipinski definition) is 6. The van der Waals surface area contributed by atoms with Crippen LogP contribution in [-0.2, 0) is 0 Å². The summed E-state index contributed by atoms with van der Waals surface area (Å²) in [6.07, 6.45) is 3.25. The molecule has 6 nitrogen and oxygen atoms in total. The van der Waals surface area contributed by atoms with E-state index < -0.39 is 0 Å². The van der Waals surface area contributed by atoms with Gasteiger partial charge in [0.15, 0.2) is 5.82 Å². The third kappa shape index (κ3) is 2.85. The van der Waals surface area contributed by atoms with Gasteiger partial charge in [0.1, 0.15) is 11.4 Å². The van der Waals surface area contributed by atoms with E-state index in [4.69, 9.17) is 10.5 Å². The third-order valence-electron chi connectivity index (χ3n) is 2.75. The molecule has 0 atom stereocenters. The van der Waals surface area contributed by atoms with Crippen LogP contribution in [0.15, 0.2) is 35.5 Å². The maximum Gasteiger partial charge on any atom is 0.174 e. The molecule has 0 fully saturated rings. The molecule has 0 unspecified atom stereocenters. The van der Waals surface area contributed by atoms with Crippen molar-refractivity contribution in [3.05, 3.63) is 36.0 Å². The summed E-state index contributed by atoms with van der Waals surface area (Å²) in [6, 6.07) is 7.51. The number of aliphatic imine (C=N–C) groups is 1. The molecule has 1 aromatic carbocycles. The van der Waals surface area contributed by atoms with Crippen LogP contribution in [0.1, 0.15) is 5.56 Å². The number of benzene rings is 1. The van der Waals surface area contributed by atoms with Gasteiger partial charge in [0, 0.05) is 25.9 Å². The lowest BCUT2D eigenvalue weighted by atomic mass is 10.2. The van der Waals surface area contributed by atoms with Crippen molar-refractivity contribution < 1.29 is 4.74 Å². The lowest BCUT2D eigenvalue weighted by molar-refractivity contribution is 0.416. The number of methoxy groups -OCH3 is 1. The molecule has 0 aliphatic carbocycles. The van der Waals surface area contributed by atoms with E-state index in [0.29, 0.717) is 17.3 Å². The molecule has 0 saturated heterocycles. The van der Waals surface area contributed by atoms with Crippen LogP contribution in [0, 0.1) is 0 Å². The fourth-order valence-corrected chi connectivity index (χ4v) is 1.71. The maximum atomic E-state index is 6.05. The van der Waals surface area contributed by atoms with Crippen LogP contribution in [0.2, 0.25) is 0 Å². The van der Waals surface area contributed by atoms with Crippen molar-refractivity contribution in [2.24, 2.45) is 4.99 Å². The highest BCUT2D eigenvalue weighted by Crippen LogP contribution is 2.27. The summed E-state index contributed by atoms with van der Waals surface area (Å²) in [5.74, 6) is 1.33. The number of nitrogen functional groups attached to an aromatic ring is 1. The van der Waals surface area contributed by atoms with Gasteiger partial charge in [0.2, 0.25) is 0 Å². The lowest BCUT2D eigenvalue weighted by Crippen LogP contribution is -2.15. The molecule has 1 aromatic heterocycles. The largest absolute Gasteiger partial charge is 0.494 e. The molecule has 20 heavy (non-hydrogen) atoms. The van der Waals surface area contributed by atoms with Crippen LogP contribution < -0.4 is 15.4 Å². The highest BCUT2D eigenvalue weighted by atomic mass is 16.5. The summed E-state index contributed by atoms with van der Waals surface area (Å²) in [5.41, 5.74) is 8.05. The van der Waals surface area contributed by atoms with Gasteiger partial charge in [-0.3, -0.25) is 4.99 Å². The molecule has 104 valence electrons. The summed E-state index contributed by atoms with van der Waals surface area (Å²) in [5, 5.41) is 7.92. The molecule has 0 bridgehead atoms. The molecular formula is C14H17N5O. The molecule has 0 aliphatic heterocycles. The van der Waals surface area contributed by atoms with E-state index in [1.807, 2.05) is 43.3 Å². The molecule has 2 rings (SSSR count). The second-order valence-electron chi connectivity index (χ2n) is 4.36. The average Bonchev–Trinajstić information content (AvgIpc) is 2.46.